The third-order valence-corrected chi connectivity index (χ3v) is 9.26. The minimum Gasteiger partial charge on any atom is -0.494 e. The van der Waals surface area contributed by atoms with E-state index in [1.165, 1.54) is 36.7 Å². The SMILES string of the molecule is C=CC(=O)Nc1cc(Nc2cc(-c3cn(C)c4ccccc34)ncn2)c(OC)cc1N1CCN(C(c2ccc(F)cc2)c2ccc(F)cc2)CC1. The van der Waals surface area contributed by atoms with Gasteiger partial charge in [0, 0.05) is 68.0 Å². The van der Waals surface area contributed by atoms with E-state index in [1.807, 2.05) is 37.4 Å². The summed E-state index contributed by atoms with van der Waals surface area (Å²) in [5, 5.41) is 7.44. The number of nitrogens with one attached hydrogen (secondary N) is 2. The Balaban J connectivity index is 1.17. The number of amides is 1. The van der Waals surface area contributed by atoms with Crippen LogP contribution in [0.1, 0.15) is 17.2 Å². The van der Waals surface area contributed by atoms with Crippen LogP contribution in [0.5, 0.6) is 5.75 Å². The molecule has 0 aliphatic carbocycles. The summed E-state index contributed by atoms with van der Waals surface area (Å²) in [4.78, 5) is 26.2. The summed E-state index contributed by atoms with van der Waals surface area (Å²) in [7, 11) is 3.61. The summed E-state index contributed by atoms with van der Waals surface area (Å²) in [6.45, 7) is 6.17. The molecule has 1 aliphatic heterocycles. The van der Waals surface area contributed by atoms with Gasteiger partial charge in [-0.05, 0) is 53.6 Å². The molecule has 0 atom stereocenters. The standard InChI is InChI=1S/C40H37F2N7O2/c1-4-39(50)46-33-21-34(45-38-22-32(43-25-44-38)31-24-47(2)35-8-6-5-7-30(31)35)37(51-3)23-36(33)48-17-19-49(20-18-48)40(26-9-13-28(41)14-10-26)27-11-15-29(42)16-12-27/h4-16,21-25,40H,1,17-20H2,2-3H3,(H,46,50)(H,43,44,45). The Bertz CT molecular complexity index is 2150. The van der Waals surface area contributed by atoms with E-state index in [2.05, 4.69) is 59.9 Å². The average Bonchev–Trinajstić information content (AvgIpc) is 3.50. The van der Waals surface area contributed by atoms with Crippen molar-refractivity contribution in [2.24, 2.45) is 7.05 Å². The highest BCUT2D eigenvalue weighted by atomic mass is 19.1. The lowest BCUT2D eigenvalue weighted by Gasteiger charge is -2.41. The van der Waals surface area contributed by atoms with Crippen molar-refractivity contribution >= 4 is 39.7 Å². The van der Waals surface area contributed by atoms with Crippen molar-refractivity contribution < 1.29 is 18.3 Å². The van der Waals surface area contributed by atoms with Gasteiger partial charge in [0.2, 0.25) is 5.91 Å². The lowest BCUT2D eigenvalue weighted by Crippen LogP contribution is -2.48. The average molecular weight is 686 g/mol. The molecule has 9 nitrogen and oxygen atoms in total. The van der Waals surface area contributed by atoms with Crippen molar-refractivity contribution in [3.8, 4) is 17.0 Å². The fourth-order valence-electron chi connectivity index (χ4n) is 6.76. The van der Waals surface area contributed by atoms with Crippen LogP contribution < -0.4 is 20.3 Å². The molecule has 3 heterocycles. The maximum Gasteiger partial charge on any atom is 0.247 e. The van der Waals surface area contributed by atoms with Gasteiger partial charge in [0.15, 0.2) is 0 Å². The second kappa shape index (κ2) is 14.4. The summed E-state index contributed by atoms with van der Waals surface area (Å²) in [6, 6.07) is 26.5. The predicted molar refractivity (Wildman–Crippen MR) is 197 cm³/mol. The molecule has 0 bridgehead atoms. The molecule has 0 saturated carbocycles. The maximum atomic E-state index is 13.9. The van der Waals surface area contributed by atoms with Crippen LogP contribution in [-0.4, -0.2) is 58.6 Å². The topological polar surface area (TPSA) is 87.5 Å². The van der Waals surface area contributed by atoms with Crippen LogP contribution in [-0.2, 0) is 11.8 Å². The molecule has 1 aliphatic rings. The zero-order chi connectivity index (χ0) is 35.5. The Morgan fingerprint density at radius 3 is 2.20 bits per heavy atom. The van der Waals surface area contributed by atoms with Gasteiger partial charge >= 0.3 is 0 Å². The van der Waals surface area contributed by atoms with Gasteiger partial charge in [-0.1, -0.05) is 49.0 Å². The zero-order valence-corrected chi connectivity index (χ0v) is 28.3. The largest absolute Gasteiger partial charge is 0.494 e. The number of carbonyl (C=O) groups is 1. The summed E-state index contributed by atoms with van der Waals surface area (Å²) >= 11 is 0. The normalized spacial score (nSPS) is 13.4. The molecular weight excluding hydrogens is 648 g/mol. The van der Waals surface area contributed by atoms with Gasteiger partial charge in [-0.15, -0.1) is 0 Å². The summed E-state index contributed by atoms with van der Waals surface area (Å²) < 4.78 is 35.7. The van der Waals surface area contributed by atoms with Crippen LogP contribution in [0.2, 0.25) is 0 Å². The Kier molecular flexibility index (Phi) is 9.45. The number of rotatable bonds is 10. The number of ether oxygens (including phenoxy) is 1. The van der Waals surface area contributed by atoms with Gasteiger partial charge in [0.25, 0.3) is 0 Å². The summed E-state index contributed by atoms with van der Waals surface area (Å²) in [6.07, 6.45) is 4.80. The first kappa shape index (κ1) is 33.4. The molecule has 2 aromatic heterocycles. The molecule has 0 radical (unpaired) electrons. The van der Waals surface area contributed by atoms with Crippen LogP contribution in [0.25, 0.3) is 22.2 Å². The number of nitrogens with zero attached hydrogens (tertiary/aromatic N) is 5. The summed E-state index contributed by atoms with van der Waals surface area (Å²) in [5.74, 6) is 0.143. The monoisotopic (exact) mass is 685 g/mol. The zero-order valence-electron chi connectivity index (χ0n) is 28.3. The van der Waals surface area contributed by atoms with Crippen LogP contribution in [0.3, 0.4) is 0 Å². The number of benzene rings is 4. The molecule has 4 aromatic carbocycles. The minimum absolute atomic E-state index is 0.193. The lowest BCUT2D eigenvalue weighted by molar-refractivity contribution is -0.111. The van der Waals surface area contributed by atoms with E-state index in [0.29, 0.717) is 49.1 Å². The number of anilines is 4. The molecule has 1 saturated heterocycles. The van der Waals surface area contributed by atoms with E-state index < -0.39 is 0 Å². The van der Waals surface area contributed by atoms with E-state index in [1.54, 1.807) is 31.4 Å². The number of para-hydroxylation sites is 1. The van der Waals surface area contributed by atoms with E-state index in [0.717, 1.165) is 39.0 Å². The van der Waals surface area contributed by atoms with Crippen molar-refractivity contribution in [1.82, 2.24) is 19.4 Å². The number of hydrogen-bond donors (Lipinski definition) is 2. The Hall–Kier alpha value is -6.07. The molecule has 7 rings (SSSR count). The fraction of sp³-hybridized carbons (Fsp3) is 0.175. The van der Waals surface area contributed by atoms with Gasteiger partial charge < -0.3 is 24.8 Å². The molecule has 2 N–H and O–H groups in total. The second-order valence-electron chi connectivity index (χ2n) is 12.4. The Morgan fingerprint density at radius 1 is 0.882 bits per heavy atom. The van der Waals surface area contributed by atoms with E-state index >= 15 is 0 Å². The van der Waals surface area contributed by atoms with Crippen molar-refractivity contribution in [1.29, 1.82) is 0 Å². The highest BCUT2D eigenvalue weighted by Gasteiger charge is 2.28. The Morgan fingerprint density at radius 2 is 1.55 bits per heavy atom. The van der Waals surface area contributed by atoms with Crippen molar-refractivity contribution in [3.63, 3.8) is 0 Å². The fourth-order valence-corrected chi connectivity index (χ4v) is 6.76. The predicted octanol–water partition coefficient (Wildman–Crippen LogP) is 7.70. The molecule has 1 amide bonds. The summed E-state index contributed by atoms with van der Waals surface area (Å²) in [5.41, 5.74) is 6.65. The molecule has 6 aromatic rings. The number of aryl methyl sites for hydroxylation is 1. The molecule has 258 valence electrons. The van der Waals surface area contributed by atoms with Gasteiger partial charge in [0.05, 0.1) is 35.9 Å². The number of hydrogen-bond acceptors (Lipinski definition) is 7. The lowest BCUT2D eigenvalue weighted by atomic mass is 9.96. The molecule has 51 heavy (non-hydrogen) atoms. The molecule has 1 fully saturated rings. The quantitative estimate of drug-likeness (QED) is 0.143. The number of halogens is 2. The second-order valence-corrected chi connectivity index (χ2v) is 12.4. The Labute approximate surface area is 294 Å². The van der Waals surface area contributed by atoms with Crippen LogP contribution in [0, 0.1) is 11.6 Å². The number of carbonyl (C=O) groups excluding carboxylic acids is 1. The van der Waals surface area contributed by atoms with E-state index in [9.17, 15) is 13.6 Å². The first-order chi connectivity index (χ1) is 24.8. The number of methoxy groups -OCH3 is 1. The van der Waals surface area contributed by atoms with Crippen molar-refractivity contribution in [2.75, 3.05) is 48.8 Å². The van der Waals surface area contributed by atoms with Crippen LogP contribution in [0.4, 0.5) is 31.7 Å². The smallest absolute Gasteiger partial charge is 0.247 e. The van der Waals surface area contributed by atoms with Crippen LogP contribution in [0.15, 0.2) is 116 Å². The van der Waals surface area contributed by atoms with Crippen molar-refractivity contribution in [3.05, 3.63) is 139 Å². The third-order valence-electron chi connectivity index (χ3n) is 9.26. The van der Waals surface area contributed by atoms with Gasteiger partial charge in [-0.25, -0.2) is 18.7 Å². The van der Waals surface area contributed by atoms with Gasteiger partial charge in [-0.2, -0.15) is 0 Å². The first-order valence-electron chi connectivity index (χ1n) is 16.6. The van der Waals surface area contributed by atoms with Gasteiger partial charge in [0.1, 0.15) is 29.5 Å². The maximum absolute atomic E-state index is 13.9. The van der Waals surface area contributed by atoms with E-state index in [4.69, 9.17) is 4.74 Å². The first-order valence-corrected chi connectivity index (χ1v) is 16.6. The minimum atomic E-state index is -0.348. The number of fused-ring (bicyclic) bond motifs is 1. The third kappa shape index (κ3) is 7.01. The molecule has 11 heteroatoms. The molecule has 0 spiro atoms. The van der Waals surface area contributed by atoms with Crippen LogP contribution >= 0.6 is 0 Å². The number of aromatic nitrogens is 3. The van der Waals surface area contributed by atoms with Gasteiger partial charge in [-0.3, -0.25) is 9.69 Å². The van der Waals surface area contributed by atoms with E-state index in [-0.39, 0.29) is 23.6 Å². The highest BCUT2D eigenvalue weighted by Crippen LogP contribution is 2.40. The molecular formula is C40H37F2N7O2. The highest BCUT2D eigenvalue weighted by molar-refractivity contribution is 6.02. The molecule has 0 unspecified atom stereocenters. The van der Waals surface area contributed by atoms with Crippen molar-refractivity contribution in [2.45, 2.75) is 6.04 Å². The number of piperazine rings is 1.